The summed E-state index contributed by atoms with van der Waals surface area (Å²) in [6.45, 7) is 0.752. The highest BCUT2D eigenvalue weighted by atomic mass is 16.5. The summed E-state index contributed by atoms with van der Waals surface area (Å²) in [6.07, 6.45) is 0.774. The normalized spacial score (nSPS) is 10.2. The van der Waals surface area contributed by atoms with Crippen LogP contribution in [0.1, 0.15) is 10.4 Å². The van der Waals surface area contributed by atoms with E-state index in [4.69, 9.17) is 14.2 Å². The Labute approximate surface area is 153 Å². The van der Waals surface area contributed by atoms with Crippen molar-refractivity contribution in [2.75, 3.05) is 20.3 Å². The number of hydrogen-bond acceptors (Lipinski definition) is 4. The second-order valence-corrected chi connectivity index (χ2v) is 5.59. The van der Waals surface area contributed by atoms with Crippen LogP contribution in [-0.4, -0.2) is 26.6 Å². The lowest BCUT2D eigenvalue weighted by atomic mass is 10.1. The summed E-state index contributed by atoms with van der Waals surface area (Å²) in [7, 11) is 1.55. The van der Waals surface area contributed by atoms with E-state index in [1.807, 2.05) is 42.5 Å². The van der Waals surface area contributed by atoms with Gasteiger partial charge in [-0.3, -0.25) is 4.79 Å². The summed E-state index contributed by atoms with van der Waals surface area (Å²) in [5.41, 5.74) is 2.69. The lowest BCUT2D eigenvalue weighted by Gasteiger charge is -2.14. The fraction of sp³-hybridized carbons (Fsp3) is 0.136. The average molecular weight is 348 g/mol. The van der Waals surface area contributed by atoms with Gasteiger partial charge >= 0.3 is 0 Å². The Morgan fingerprint density at radius 1 is 0.769 bits per heavy atom. The van der Waals surface area contributed by atoms with E-state index in [1.165, 1.54) is 0 Å². The van der Waals surface area contributed by atoms with Gasteiger partial charge in [0.25, 0.3) is 0 Å². The van der Waals surface area contributed by atoms with E-state index in [9.17, 15) is 4.79 Å². The summed E-state index contributed by atoms with van der Waals surface area (Å²) in [4.78, 5) is 10.8. The van der Waals surface area contributed by atoms with E-state index < -0.39 is 0 Å². The van der Waals surface area contributed by atoms with E-state index in [1.54, 1.807) is 25.3 Å². The Morgan fingerprint density at radius 2 is 1.46 bits per heavy atom. The van der Waals surface area contributed by atoms with Crippen LogP contribution in [0.2, 0.25) is 0 Å². The zero-order chi connectivity index (χ0) is 18.2. The van der Waals surface area contributed by atoms with Gasteiger partial charge in [0.15, 0.2) is 11.5 Å². The maximum atomic E-state index is 10.8. The molecule has 4 heteroatoms. The number of rotatable bonds is 8. The number of carbonyl (C=O) groups excluding carboxylic acids is 1. The van der Waals surface area contributed by atoms with Crippen molar-refractivity contribution < 1.29 is 19.0 Å². The molecule has 0 aromatic heterocycles. The van der Waals surface area contributed by atoms with Crippen LogP contribution >= 0.6 is 0 Å². The van der Waals surface area contributed by atoms with Gasteiger partial charge in [-0.2, -0.15) is 0 Å². The Morgan fingerprint density at radius 3 is 2.19 bits per heavy atom. The number of aldehydes is 1. The van der Waals surface area contributed by atoms with E-state index in [0.29, 0.717) is 30.3 Å². The maximum absolute atomic E-state index is 10.8. The van der Waals surface area contributed by atoms with Gasteiger partial charge in [0.2, 0.25) is 0 Å². The minimum Gasteiger partial charge on any atom is -0.493 e. The van der Waals surface area contributed by atoms with Crippen LogP contribution in [0.3, 0.4) is 0 Å². The monoisotopic (exact) mass is 348 g/mol. The average Bonchev–Trinajstić information content (AvgIpc) is 2.72. The molecule has 0 saturated heterocycles. The Hall–Kier alpha value is -3.27. The molecule has 0 aliphatic carbocycles. The van der Waals surface area contributed by atoms with Crippen molar-refractivity contribution >= 4 is 6.29 Å². The number of para-hydroxylation sites is 1. The van der Waals surface area contributed by atoms with Crippen molar-refractivity contribution in [3.63, 3.8) is 0 Å². The van der Waals surface area contributed by atoms with Gasteiger partial charge in [0.1, 0.15) is 25.2 Å². The number of carbonyl (C=O) groups is 1. The highest BCUT2D eigenvalue weighted by Gasteiger charge is 2.07. The zero-order valence-corrected chi connectivity index (χ0v) is 14.6. The van der Waals surface area contributed by atoms with Crippen molar-refractivity contribution in [3.8, 4) is 28.4 Å². The molecule has 4 nitrogen and oxygen atoms in total. The number of benzene rings is 3. The van der Waals surface area contributed by atoms with Crippen LogP contribution in [0.25, 0.3) is 11.1 Å². The first-order valence-corrected chi connectivity index (χ1v) is 8.35. The molecular weight excluding hydrogens is 328 g/mol. The molecule has 0 bridgehead atoms. The molecule has 0 N–H and O–H groups in total. The van der Waals surface area contributed by atoms with Crippen LogP contribution in [-0.2, 0) is 0 Å². The lowest BCUT2D eigenvalue weighted by molar-refractivity contribution is 0.112. The van der Waals surface area contributed by atoms with Gasteiger partial charge < -0.3 is 14.2 Å². The minimum atomic E-state index is 0.361. The predicted molar refractivity (Wildman–Crippen MR) is 101 cm³/mol. The van der Waals surface area contributed by atoms with Gasteiger partial charge in [-0.15, -0.1) is 0 Å². The van der Waals surface area contributed by atoms with E-state index in [0.717, 1.165) is 23.2 Å². The molecule has 0 aliphatic rings. The van der Waals surface area contributed by atoms with Gasteiger partial charge in [0, 0.05) is 11.1 Å². The third-order valence-corrected chi connectivity index (χ3v) is 3.89. The predicted octanol–water partition coefficient (Wildman–Crippen LogP) is 4.63. The molecule has 0 saturated carbocycles. The first-order chi connectivity index (χ1) is 12.8. The second kappa shape index (κ2) is 8.72. The van der Waals surface area contributed by atoms with Crippen LogP contribution in [0.5, 0.6) is 17.2 Å². The first kappa shape index (κ1) is 17.5. The quantitative estimate of drug-likeness (QED) is 0.440. The molecule has 26 heavy (non-hydrogen) atoms. The number of methoxy groups -OCH3 is 1. The van der Waals surface area contributed by atoms with Crippen molar-refractivity contribution in [1.82, 2.24) is 0 Å². The maximum Gasteiger partial charge on any atom is 0.161 e. The Balaban J connectivity index is 1.62. The van der Waals surface area contributed by atoms with Crippen LogP contribution in [0.4, 0.5) is 0 Å². The third-order valence-electron chi connectivity index (χ3n) is 3.89. The molecule has 0 heterocycles. The fourth-order valence-corrected chi connectivity index (χ4v) is 2.63. The van der Waals surface area contributed by atoms with E-state index in [2.05, 4.69) is 12.1 Å². The molecule has 3 aromatic carbocycles. The number of hydrogen-bond donors (Lipinski definition) is 0. The molecule has 0 fully saturated rings. The summed E-state index contributed by atoms with van der Waals surface area (Å²) in [5, 5.41) is 0. The molecule has 0 radical (unpaired) electrons. The molecular formula is C22H20O4. The van der Waals surface area contributed by atoms with Gasteiger partial charge in [-0.05, 0) is 29.8 Å². The van der Waals surface area contributed by atoms with Gasteiger partial charge in [-0.1, -0.05) is 48.5 Å². The van der Waals surface area contributed by atoms with Crippen LogP contribution in [0.15, 0.2) is 72.8 Å². The highest BCUT2D eigenvalue weighted by Crippen LogP contribution is 2.30. The standard InChI is InChI=1S/C22H20O4/c1-24-22-15-17(16-23)11-12-21(22)26-14-13-25-20-10-6-5-9-19(20)18-7-3-2-4-8-18/h2-12,15-16H,13-14H2,1H3. The second-order valence-electron chi connectivity index (χ2n) is 5.59. The summed E-state index contributed by atoms with van der Waals surface area (Å²) < 4.78 is 16.9. The lowest BCUT2D eigenvalue weighted by Crippen LogP contribution is -2.10. The molecule has 3 aromatic rings. The highest BCUT2D eigenvalue weighted by molar-refractivity contribution is 5.76. The molecule has 0 aliphatic heterocycles. The smallest absolute Gasteiger partial charge is 0.161 e. The molecule has 0 unspecified atom stereocenters. The minimum absolute atomic E-state index is 0.361. The Bertz CT molecular complexity index is 859. The largest absolute Gasteiger partial charge is 0.493 e. The van der Waals surface area contributed by atoms with Gasteiger partial charge in [0.05, 0.1) is 7.11 Å². The van der Waals surface area contributed by atoms with Crippen LogP contribution < -0.4 is 14.2 Å². The molecule has 0 spiro atoms. The summed E-state index contributed by atoms with van der Waals surface area (Å²) in [5.74, 6) is 1.92. The van der Waals surface area contributed by atoms with Crippen LogP contribution in [0, 0.1) is 0 Å². The molecule has 132 valence electrons. The van der Waals surface area contributed by atoms with Crippen molar-refractivity contribution in [2.24, 2.45) is 0 Å². The van der Waals surface area contributed by atoms with Crippen molar-refractivity contribution in [1.29, 1.82) is 0 Å². The fourth-order valence-electron chi connectivity index (χ4n) is 2.63. The van der Waals surface area contributed by atoms with E-state index in [-0.39, 0.29) is 0 Å². The van der Waals surface area contributed by atoms with E-state index >= 15 is 0 Å². The number of ether oxygens (including phenoxy) is 3. The van der Waals surface area contributed by atoms with Gasteiger partial charge in [-0.25, -0.2) is 0 Å². The van der Waals surface area contributed by atoms with Crippen molar-refractivity contribution in [3.05, 3.63) is 78.4 Å². The molecule has 0 amide bonds. The van der Waals surface area contributed by atoms with Crippen molar-refractivity contribution in [2.45, 2.75) is 0 Å². The summed E-state index contributed by atoms with van der Waals surface area (Å²) in [6, 6.07) is 23.1. The summed E-state index contributed by atoms with van der Waals surface area (Å²) >= 11 is 0. The third kappa shape index (κ3) is 4.22. The molecule has 0 atom stereocenters. The Kier molecular flexibility index (Phi) is 5.88. The SMILES string of the molecule is COc1cc(C=O)ccc1OCCOc1ccccc1-c1ccccc1. The first-order valence-electron chi connectivity index (χ1n) is 8.35. The zero-order valence-electron chi connectivity index (χ0n) is 14.6. The molecule has 3 rings (SSSR count). The topological polar surface area (TPSA) is 44.8 Å².